The third kappa shape index (κ3) is 3.00. The van der Waals surface area contributed by atoms with Gasteiger partial charge in [-0.3, -0.25) is 0 Å². The summed E-state index contributed by atoms with van der Waals surface area (Å²) in [5, 5.41) is 11.7. The van der Waals surface area contributed by atoms with Gasteiger partial charge >= 0.3 is 0 Å². The van der Waals surface area contributed by atoms with Crippen molar-refractivity contribution in [3.05, 3.63) is 31.5 Å². The summed E-state index contributed by atoms with van der Waals surface area (Å²) in [6.45, 7) is 0.961. The standard InChI is InChI=1S/C13H17IN4S/c1-18-8-16-17-13(18)5-6-15-10-3-2-4-11-9(10)7-12(14)19-11/h7-8,10,15H,2-6H2,1H3. The lowest BCUT2D eigenvalue weighted by molar-refractivity contribution is 0.463. The van der Waals surface area contributed by atoms with Crippen molar-refractivity contribution >= 4 is 33.9 Å². The van der Waals surface area contributed by atoms with Crippen LogP contribution in [0.1, 0.15) is 35.1 Å². The van der Waals surface area contributed by atoms with E-state index < -0.39 is 0 Å². The molecule has 2 aromatic heterocycles. The number of aryl methyl sites for hydroxylation is 2. The van der Waals surface area contributed by atoms with Crippen LogP contribution in [0.3, 0.4) is 0 Å². The fourth-order valence-corrected chi connectivity index (χ4v) is 4.74. The molecule has 6 heteroatoms. The first-order chi connectivity index (χ1) is 9.24. The normalized spacial score (nSPS) is 18.5. The summed E-state index contributed by atoms with van der Waals surface area (Å²) in [4.78, 5) is 1.58. The Bertz CT molecular complexity index is 563. The van der Waals surface area contributed by atoms with Gasteiger partial charge in [-0.1, -0.05) is 0 Å². The molecule has 1 aliphatic carbocycles. The average molecular weight is 388 g/mol. The first-order valence-electron chi connectivity index (χ1n) is 6.58. The molecule has 0 amide bonds. The molecule has 1 unspecified atom stereocenters. The van der Waals surface area contributed by atoms with Crippen molar-refractivity contribution in [3.8, 4) is 0 Å². The molecule has 0 fully saturated rings. The largest absolute Gasteiger partial charge is 0.321 e. The van der Waals surface area contributed by atoms with Crippen molar-refractivity contribution in [3.63, 3.8) is 0 Å². The van der Waals surface area contributed by atoms with Crippen molar-refractivity contribution in [2.45, 2.75) is 31.7 Å². The SMILES string of the molecule is Cn1cnnc1CCNC1CCCc2sc(I)cc21. The highest BCUT2D eigenvalue weighted by atomic mass is 127. The lowest BCUT2D eigenvalue weighted by Crippen LogP contribution is -2.26. The number of nitrogens with zero attached hydrogens (tertiary/aromatic N) is 3. The van der Waals surface area contributed by atoms with Crippen molar-refractivity contribution < 1.29 is 0 Å². The Hall–Kier alpha value is -0.470. The van der Waals surface area contributed by atoms with E-state index in [2.05, 4.69) is 44.2 Å². The Kier molecular flexibility index (Phi) is 4.18. The predicted molar refractivity (Wildman–Crippen MR) is 85.4 cm³/mol. The van der Waals surface area contributed by atoms with Gasteiger partial charge in [0.05, 0.1) is 2.88 Å². The quantitative estimate of drug-likeness (QED) is 0.820. The van der Waals surface area contributed by atoms with Crippen LogP contribution in [0.15, 0.2) is 12.4 Å². The van der Waals surface area contributed by atoms with Gasteiger partial charge in [0.25, 0.3) is 0 Å². The van der Waals surface area contributed by atoms with E-state index in [4.69, 9.17) is 0 Å². The maximum Gasteiger partial charge on any atom is 0.133 e. The van der Waals surface area contributed by atoms with Gasteiger partial charge in [0, 0.05) is 30.9 Å². The van der Waals surface area contributed by atoms with E-state index in [-0.39, 0.29) is 0 Å². The molecule has 0 saturated heterocycles. The van der Waals surface area contributed by atoms with Crippen LogP contribution in [0.25, 0.3) is 0 Å². The number of thiophene rings is 1. The van der Waals surface area contributed by atoms with Gasteiger partial charge in [0.2, 0.25) is 0 Å². The third-order valence-electron chi connectivity index (χ3n) is 3.63. The molecular formula is C13H17IN4S. The van der Waals surface area contributed by atoms with Gasteiger partial charge in [-0.2, -0.15) is 0 Å². The van der Waals surface area contributed by atoms with Crippen LogP contribution in [-0.4, -0.2) is 21.3 Å². The minimum Gasteiger partial charge on any atom is -0.321 e. The monoisotopic (exact) mass is 388 g/mol. The molecule has 102 valence electrons. The number of aromatic nitrogens is 3. The molecule has 0 spiro atoms. The Labute approximate surface area is 130 Å². The van der Waals surface area contributed by atoms with Crippen molar-refractivity contribution in [1.29, 1.82) is 0 Å². The molecule has 2 heterocycles. The van der Waals surface area contributed by atoms with E-state index in [0.29, 0.717) is 6.04 Å². The molecule has 4 nitrogen and oxygen atoms in total. The number of hydrogen-bond acceptors (Lipinski definition) is 4. The molecule has 0 bridgehead atoms. The van der Waals surface area contributed by atoms with Gasteiger partial charge < -0.3 is 9.88 Å². The van der Waals surface area contributed by atoms with Crippen LogP contribution in [0.2, 0.25) is 0 Å². The minimum absolute atomic E-state index is 0.525. The van der Waals surface area contributed by atoms with E-state index in [9.17, 15) is 0 Å². The van der Waals surface area contributed by atoms with E-state index in [1.54, 1.807) is 11.2 Å². The Morgan fingerprint density at radius 3 is 3.26 bits per heavy atom. The molecule has 0 saturated carbocycles. The van der Waals surface area contributed by atoms with E-state index in [0.717, 1.165) is 18.8 Å². The first kappa shape index (κ1) is 13.5. The summed E-state index contributed by atoms with van der Waals surface area (Å²) in [6, 6.07) is 2.87. The number of fused-ring (bicyclic) bond motifs is 1. The summed E-state index contributed by atoms with van der Waals surface area (Å²) >= 11 is 4.38. The fourth-order valence-electron chi connectivity index (χ4n) is 2.63. The Morgan fingerprint density at radius 2 is 2.47 bits per heavy atom. The van der Waals surface area contributed by atoms with Crippen LogP contribution in [0.4, 0.5) is 0 Å². The second-order valence-corrected chi connectivity index (χ2v) is 7.97. The van der Waals surface area contributed by atoms with Crippen LogP contribution >= 0.6 is 33.9 Å². The number of hydrogen-bond donors (Lipinski definition) is 1. The van der Waals surface area contributed by atoms with Gasteiger partial charge in [-0.25, -0.2) is 0 Å². The highest BCUT2D eigenvalue weighted by molar-refractivity contribution is 14.1. The lowest BCUT2D eigenvalue weighted by Gasteiger charge is -2.23. The Balaban J connectivity index is 1.60. The van der Waals surface area contributed by atoms with E-state index in [1.165, 1.54) is 27.7 Å². The molecule has 19 heavy (non-hydrogen) atoms. The molecule has 2 aromatic rings. The number of nitrogens with one attached hydrogen (secondary N) is 1. The highest BCUT2D eigenvalue weighted by Gasteiger charge is 2.22. The molecule has 1 atom stereocenters. The van der Waals surface area contributed by atoms with E-state index >= 15 is 0 Å². The summed E-state index contributed by atoms with van der Waals surface area (Å²) in [5.74, 6) is 1.04. The molecular weight excluding hydrogens is 371 g/mol. The minimum atomic E-state index is 0.525. The molecule has 1 N–H and O–H groups in total. The number of halogens is 1. The summed E-state index contributed by atoms with van der Waals surface area (Å²) in [5.41, 5.74) is 1.53. The van der Waals surface area contributed by atoms with Crippen LogP contribution in [-0.2, 0) is 19.9 Å². The molecule has 1 aliphatic rings. The maximum atomic E-state index is 4.12. The second kappa shape index (κ2) is 5.88. The van der Waals surface area contributed by atoms with Crippen molar-refractivity contribution in [2.24, 2.45) is 7.05 Å². The third-order valence-corrected chi connectivity index (χ3v) is 5.60. The summed E-state index contributed by atoms with van der Waals surface area (Å²) < 4.78 is 3.39. The number of rotatable bonds is 4. The van der Waals surface area contributed by atoms with Gasteiger partial charge in [-0.15, -0.1) is 21.5 Å². The first-order valence-corrected chi connectivity index (χ1v) is 8.48. The zero-order valence-electron chi connectivity index (χ0n) is 10.9. The summed E-state index contributed by atoms with van der Waals surface area (Å²) in [6.07, 6.45) is 6.49. The topological polar surface area (TPSA) is 42.7 Å². The highest BCUT2D eigenvalue weighted by Crippen LogP contribution is 2.36. The van der Waals surface area contributed by atoms with Gasteiger partial charge in [0.1, 0.15) is 12.2 Å². The van der Waals surface area contributed by atoms with E-state index in [1.807, 2.05) is 23.0 Å². The average Bonchev–Trinajstić information content (AvgIpc) is 2.95. The smallest absolute Gasteiger partial charge is 0.133 e. The molecule has 3 rings (SSSR count). The maximum absolute atomic E-state index is 4.12. The molecule has 0 aliphatic heterocycles. The summed E-state index contributed by atoms with van der Waals surface area (Å²) in [7, 11) is 2.00. The van der Waals surface area contributed by atoms with Gasteiger partial charge in [-0.05, 0) is 53.5 Å². The van der Waals surface area contributed by atoms with Gasteiger partial charge in [0.15, 0.2) is 0 Å². The van der Waals surface area contributed by atoms with Crippen LogP contribution in [0.5, 0.6) is 0 Å². The Morgan fingerprint density at radius 1 is 1.58 bits per heavy atom. The predicted octanol–water partition coefficient (Wildman–Crippen LogP) is 2.69. The van der Waals surface area contributed by atoms with Crippen molar-refractivity contribution in [1.82, 2.24) is 20.1 Å². The zero-order chi connectivity index (χ0) is 13.2. The zero-order valence-corrected chi connectivity index (χ0v) is 13.9. The fraction of sp³-hybridized carbons (Fsp3) is 0.538. The molecule has 0 aromatic carbocycles. The van der Waals surface area contributed by atoms with Crippen LogP contribution in [0, 0.1) is 2.88 Å². The lowest BCUT2D eigenvalue weighted by atomic mass is 9.94. The van der Waals surface area contributed by atoms with Crippen molar-refractivity contribution in [2.75, 3.05) is 6.54 Å². The van der Waals surface area contributed by atoms with Crippen LogP contribution < -0.4 is 5.32 Å². The second-order valence-electron chi connectivity index (χ2n) is 4.94. The molecule has 0 radical (unpaired) electrons.